The summed E-state index contributed by atoms with van der Waals surface area (Å²) in [6.45, 7) is 0. The Hall–Kier alpha value is -1.05. The van der Waals surface area contributed by atoms with Gasteiger partial charge in [0.1, 0.15) is 5.82 Å². The smallest absolute Gasteiger partial charge is 0.325 e. The fourth-order valence-corrected chi connectivity index (χ4v) is 1.50. The third-order valence-electron chi connectivity index (χ3n) is 2.32. The Bertz CT molecular complexity index is 471. The molecule has 0 saturated heterocycles. The third-order valence-corrected chi connectivity index (χ3v) is 2.32. The first-order valence-electron chi connectivity index (χ1n) is 5.21. The molecule has 0 aliphatic rings. The average molecular weight is 287 g/mol. The highest BCUT2D eigenvalue weighted by atomic mass is 19.4. The Kier molecular flexibility index (Phi) is 4.89. The van der Waals surface area contributed by atoms with E-state index in [0.29, 0.717) is 12.1 Å². The topological polar surface area (TPSA) is 12.0 Å². The Balaban J connectivity index is 3.16. The number of benzene rings is 1. The number of nitrogens with one attached hydrogen (secondary N) is 1. The maximum absolute atomic E-state index is 13.6. The molecule has 10 heteroatoms. The second-order valence-corrected chi connectivity index (χ2v) is 4.12. The summed E-state index contributed by atoms with van der Waals surface area (Å²) >= 11 is 0. The molecular weight excluding hydrogens is 281 g/mol. The summed E-state index contributed by atoms with van der Waals surface area (Å²) in [7, 11) is 15.2. The Morgan fingerprint density at radius 1 is 1.05 bits per heavy atom. The normalized spacial score (nSPS) is 14.6. The van der Waals surface area contributed by atoms with Crippen LogP contribution in [0.5, 0.6) is 0 Å². The molecule has 0 spiro atoms. The van der Waals surface area contributed by atoms with Gasteiger partial charge in [-0.1, -0.05) is 11.3 Å². The van der Waals surface area contributed by atoms with E-state index in [2.05, 4.69) is 0 Å². The predicted molar refractivity (Wildman–Crippen MR) is 63.3 cm³/mol. The van der Waals surface area contributed by atoms with E-state index in [4.69, 9.17) is 23.5 Å². The van der Waals surface area contributed by atoms with Crippen LogP contribution in [0.25, 0.3) is 0 Å². The fraction of sp³-hybridized carbons (Fsp3) is 0.400. The van der Waals surface area contributed by atoms with Gasteiger partial charge < -0.3 is 5.32 Å². The summed E-state index contributed by atoms with van der Waals surface area (Å²) in [5.41, 5.74) is -2.02. The first-order chi connectivity index (χ1) is 8.92. The van der Waals surface area contributed by atoms with E-state index in [9.17, 15) is 26.3 Å². The standard InChI is InChI=1S/C10H6B3F6N/c11-10(12,13)20-7(8(15)16)5-2-1-4(3-6(5)14)9(17,18)19/h1-3,7-8,20H. The van der Waals surface area contributed by atoms with Crippen LogP contribution >= 0.6 is 0 Å². The van der Waals surface area contributed by atoms with Crippen LogP contribution in [0.1, 0.15) is 17.2 Å². The summed E-state index contributed by atoms with van der Waals surface area (Å²) < 4.78 is 76.2. The van der Waals surface area contributed by atoms with Crippen molar-refractivity contribution < 1.29 is 26.3 Å². The molecule has 1 N–H and O–H groups in total. The molecule has 1 rings (SSSR count). The van der Waals surface area contributed by atoms with E-state index in [1.54, 1.807) is 0 Å². The molecule has 0 saturated carbocycles. The molecule has 6 radical (unpaired) electrons. The lowest BCUT2D eigenvalue weighted by Gasteiger charge is -2.30. The van der Waals surface area contributed by atoms with E-state index in [0.717, 1.165) is 0 Å². The van der Waals surface area contributed by atoms with Crippen LogP contribution in [0.3, 0.4) is 0 Å². The zero-order valence-corrected chi connectivity index (χ0v) is 9.89. The summed E-state index contributed by atoms with van der Waals surface area (Å²) in [6.07, 6.45) is -7.97. The molecule has 1 aromatic carbocycles. The maximum Gasteiger partial charge on any atom is 0.416 e. The third kappa shape index (κ3) is 4.50. The first kappa shape index (κ1) is 17.0. The Morgan fingerprint density at radius 2 is 1.60 bits per heavy atom. The van der Waals surface area contributed by atoms with Gasteiger partial charge in [0.2, 0.25) is 0 Å². The van der Waals surface area contributed by atoms with Gasteiger partial charge in [-0.2, -0.15) is 13.2 Å². The van der Waals surface area contributed by atoms with Crippen LogP contribution < -0.4 is 5.32 Å². The van der Waals surface area contributed by atoms with Gasteiger partial charge in [-0.3, -0.25) is 0 Å². The van der Waals surface area contributed by atoms with Crippen LogP contribution in [-0.4, -0.2) is 35.2 Å². The van der Waals surface area contributed by atoms with E-state index in [-0.39, 0.29) is 6.07 Å². The van der Waals surface area contributed by atoms with Crippen molar-refractivity contribution in [3.05, 3.63) is 35.1 Å². The number of halogens is 6. The van der Waals surface area contributed by atoms with Gasteiger partial charge in [0, 0.05) is 5.56 Å². The molecule has 1 nitrogen and oxygen atoms in total. The molecule has 102 valence electrons. The Morgan fingerprint density at radius 3 is 1.95 bits per heavy atom. The van der Waals surface area contributed by atoms with Crippen molar-refractivity contribution in [2.75, 3.05) is 0 Å². The van der Waals surface area contributed by atoms with E-state index >= 15 is 0 Å². The number of alkyl halides is 5. The minimum atomic E-state index is -4.79. The molecule has 20 heavy (non-hydrogen) atoms. The van der Waals surface area contributed by atoms with Crippen molar-refractivity contribution in [1.82, 2.24) is 5.32 Å². The van der Waals surface area contributed by atoms with Gasteiger partial charge in [-0.05, 0) is 12.1 Å². The predicted octanol–water partition coefficient (Wildman–Crippen LogP) is 1.86. The molecule has 0 amide bonds. The lowest BCUT2D eigenvalue weighted by atomic mass is 9.49. The average Bonchev–Trinajstić information content (AvgIpc) is 2.23. The monoisotopic (exact) mass is 287 g/mol. The zero-order chi connectivity index (χ0) is 15.7. The molecule has 0 aliphatic carbocycles. The summed E-state index contributed by atoms with van der Waals surface area (Å²) in [6, 6.07) is -0.885. The first-order valence-corrected chi connectivity index (χ1v) is 5.21. The van der Waals surface area contributed by atoms with Gasteiger partial charge in [-0.25, -0.2) is 13.2 Å². The van der Waals surface area contributed by atoms with Crippen molar-refractivity contribution in [1.29, 1.82) is 0 Å². The van der Waals surface area contributed by atoms with E-state index in [1.165, 1.54) is 0 Å². The van der Waals surface area contributed by atoms with E-state index < -0.39 is 40.8 Å². The van der Waals surface area contributed by atoms with Crippen molar-refractivity contribution in [3.8, 4) is 0 Å². The van der Waals surface area contributed by atoms with Crippen LogP contribution in [0, 0.1) is 5.82 Å². The highest BCUT2D eigenvalue weighted by Gasteiger charge is 2.33. The van der Waals surface area contributed by atoms with Crippen molar-refractivity contribution >= 4 is 23.5 Å². The molecule has 0 aromatic heterocycles. The van der Waals surface area contributed by atoms with Gasteiger partial charge in [-0.15, -0.1) is 0 Å². The maximum atomic E-state index is 13.6. The number of hydrogen-bond acceptors (Lipinski definition) is 1. The van der Waals surface area contributed by atoms with Crippen LogP contribution in [0.4, 0.5) is 26.3 Å². The van der Waals surface area contributed by atoms with Crippen molar-refractivity contribution in [3.63, 3.8) is 0 Å². The summed E-state index contributed by atoms with van der Waals surface area (Å²) in [4.78, 5) is 0. The molecule has 1 aromatic rings. The summed E-state index contributed by atoms with van der Waals surface area (Å²) in [5.74, 6) is -1.47. The highest BCUT2D eigenvalue weighted by molar-refractivity contribution is 6.59. The molecule has 0 fully saturated rings. The fourth-order valence-electron chi connectivity index (χ4n) is 1.50. The SMILES string of the molecule is [B]C([B])([B])NC(c1ccc(C(F)(F)F)cc1F)C(F)F. The largest absolute Gasteiger partial charge is 0.416 e. The molecule has 1 atom stereocenters. The van der Waals surface area contributed by atoms with Gasteiger partial charge >= 0.3 is 6.18 Å². The van der Waals surface area contributed by atoms with Crippen LogP contribution in [-0.2, 0) is 6.18 Å². The van der Waals surface area contributed by atoms with Crippen molar-refractivity contribution in [2.24, 2.45) is 0 Å². The van der Waals surface area contributed by atoms with Crippen LogP contribution in [0.15, 0.2) is 18.2 Å². The lowest BCUT2D eigenvalue weighted by Crippen LogP contribution is -2.50. The van der Waals surface area contributed by atoms with Gasteiger partial charge in [0.15, 0.2) is 0 Å². The van der Waals surface area contributed by atoms with Crippen molar-refractivity contribution in [2.45, 2.75) is 23.9 Å². The molecule has 0 bridgehead atoms. The molecule has 1 unspecified atom stereocenters. The molecule has 0 aliphatic heterocycles. The quantitative estimate of drug-likeness (QED) is 0.658. The van der Waals surface area contributed by atoms with E-state index in [1.807, 2.05) is 5.32 Å². The Labute approximate surface area is 115 Å². The zero-order valence-electron chi connectivity index (χ0n) is 9.89. The highest BCUT2D eigenvalue weighted by Crippen LogP contribution is 2.32. The lowest BCUT2D eigenvalue weighted by molar-refractivity contribution is -0.137. The minimum absolute atomic E-state index is 0.109. The van der Waals surface area contributed by atoms with Gasteiger partial charge in [0.05, 0.1) is 35.1 Å². The minimum Gasteiger partial charge on any atom is -0.325 e. The second kappa shape index (κ2) is 5.75. The van der Waals surface area contributed by atoms with Gasteiger partial charge in [0.25, 0.3) is 6.43 Å². The molecular formula is C10H6B3F6N. The molecule has 0 heterocycles. The number of rotatable bonds is 4. The second-order valence-electron chi connectivity index (χ2n) is 4.12. The van der Waals surface area contributed by atoms with Crippen LogP contribution in [0.2, 0.25) is 0 Å². The summed E-state index contributed by atoms with van der Waals surface area (Å²) in [5, 5.41) is -0.407. The number of hydrogen-bond donors (Lipinski definition) is 1.